The van der Waals surface area contributed by atoms with E-state index < -0.39 is 52.2 Å². The molecule has 4 amide bonds. The highest BCUT2D eigenvalue weighted by Crippen LogP contribution is 2.40. The Morgan fingerprint density at radius 1 is 0.955 bits per heavy atom. The van der Waals surface area contributed by atoms with Gasteiger partial charge in [0.15, 0.2) is 5.11 Å². The second-order valence-corrected chi connectivity index (χ2v) is 18.6. The first-order valence-corrected chi connectivity index (χ1v) is 22.7. The molecular formula is C48H61F3N8O7S. The molecule has 19 heteroatoms. The van der Waals surface area contributed by atoms with Gasteiger partial charge in [-0.15, -0.1) is 0 Å². The molecule has 0 radical (unpaired) electrons. The summed E-state index contributed by atoms with van der Waals surface area (Å²) in [5.74, 6) is -0.0655. The minimum absolute atomic E-state index is 0.00660. The van der Waals surface area contributed by atoms with Crippen LogP contribution in [0.3, 0.4) is 0 Å². The average Bonchev–Trinajstić information content (AvgIpc) is 3.84. The summed E-state index contributed by atoms with van der Waals surface area (Å²) in [6, 6.07) is 13.9. The van der Waals surface area contributed by atoms with Gasteiger partial charge in [-0.2, -0.15) is 18.4 Å². The lowest BCUT2D eigenvalue weighted by Gasteiger charge is -2.35. The number of aromatic nitrogens is 1. The lowest BCUT2D eigenvalue weighted by molar-refractivity contribution is -0.144. The summed E-state index contributed by atoms with van der Waals surface area (Å²) in [7, 11) is 3.80. The number of nitrogens with one attached hydrogen (secondary N) is 2. The molecule has 2 saturated heterocycles. The smallest absolute Gasteiger partial charge is 0.417 e. The van der Waals surface area contributed by atoms with E-state index in [1.807, 2.05) is 51.9 Å². The SMILES string of the molecule is CN(C)c1ccc(CNC(=O)[C@@H]2CCCN2C(=O)C(NC(=O)COCCCOCCCCCOc2ccc(N3C(=S)N(c4ccc(C#N)c(C(F)(F)F)c4)C(=O)C3(C)C)cc2)C(C)(C)C)cn1. The number of benzene rings is 2. The van der Waals surface area contributed by atoms with Gasteiger partial charge in [0.05, 0.1) is 29.5 Å². The maximum Gasteiger partial charge on any atom is 0.417 e. The number of likely N-dealkylation sites (tertiary alicyclic amines) is 1. The van der Waals surface area contributed by atoms with Crippen LogP contribution in [0.4, 0.5) is 30.4 Å². The van der Waals surface area contributed by atoms with Crippen molar-refractivity contribution in [2.45, 2.75) is 103 Å². The van der Waals surface area contributed by atoms with Gasteiger partial charge in [0.25, 0.3) is 5.91 Å². The molecule has 5 rings (SSSR count). The van der Waals surface area contributed by atoms with Crippen molar-refractivity contribution in [1.82, 2.24) is 20.5 Å². The number of alkyl halides is 3. The van der Waals surface area contributed by atoms with E-state index in [0.717, 1.165) is 47.7 Å². The molecule has 2 aliphatic rings. The molecule has 0 spiro atoms. The number of rotatable bonds is 21. The number of amides is 4. The van der Waals surface area contributed by atoms with Crippen LogP contribution in [0.2, 0.25) is 0 Å². The van der Waals surface area contributed by atoms with Crippen molar-refractivity contribution in [3.63, 3.8) is 0 Å². The molecule has 0 saturated carbocycles. The maximum atomic E-state index is 13.8. The number of unbranched alkanes of at least 4 members (excludes halogenated alkanes) is 2. The number of pyridine rings is 1. The molecule has 67 heavy (non-hydrogen) atoms. The van der Waals surface area contributed by atoms with Gasteiger partial charge in [-0.3, -0.25) is 24.1 Å². The minimum Gasteiger partial charge on any atom is -0.494 e. The maximum absolute atomic E-state index is 13.8. The fourth-order valence-corrected chi connectivity index (χ4v) is 8.29. The Labute approximate surface area is 395 Å². The summed E-state index contributed by atoms with van der Waals surface area (Å²) >= 11 is 5.62. The van der Waals surface area contributed by atoms with Gasteiger partial charge in [-0.25, -0.2) is 4.98 Å². The zero-order valence-electron chi connectivity index (χ0n) is 39.2. The Morgan fingerprint density at radius 2 is 1.63 bits per heavy atom. The summed E-state index contributed by atoms with van der Waals surface area (Å²) in [5.41, 5.74) is -2.20. The molecule has 362 valence electrons. The number of ether oxygens (including phenoxy) is 3. The summed E-state index contributed by atoms with van der Waals surface area (Å²) in [6.45, 7) is 11.1. The van der Waals surface area contributed by atoms with Crippen LogP contribution in [-0.2, 0) is 41.4 Å². The highest BCUT2D eigenvalue weighted by molar-refractivity contribution is 7.81. The van der Waals surface area contributed by atoms with Gasteiger partial charge in [0.1, 0.15) is 35.8 Å². The summed E-state index contributed by atoms with van der Waals surface area (Å²) in [5, 5.41) is 15.0. The van der Waals surface area contributed by atoms with Crippen molar-refractivity contribution < 1.29 is 46.6 Å². The van der Waals surface area contributed by atoms with Crippen LogP contribution in [0.25, 0.3) is 0 Å². The third-order valence-electron chi connectivity index (χ3n) is 11.5. The highest BCUT2D eigenvalue weighted by atomic mass is 32.1. The lowest BCUT2D eigenvalue weighted by atomic mass is 9.85. The van der Waals surface area contributed by atoms with E-state index in [4.69, 9.17) is 26.4 Å². The Kier molecular flexibility index (Phi) is 17.7. The molecule has 2 fully saturated rings. The number of thiocarbonyl (C=S) groups is 1. The van der Waals surface area contributed by atoms with E-state index in [0.29, 0.717) is 63.7 Å². The van der Waals surface area contributed by atoms with Crippen LogP contribution < -0.4 is 30.1 Å². The third-order valence-corrected chi connectivity index (χ3v) is 11.8. The lowest BCUT2D eigenvalue weighted by Crippen LogP contribution is -2.58. The Morgan fingerprint density at radius 3 is 2.27 bits per heavy atom. The first-order valence-electron chi connectivity index (χ1n) is 22.3. The van der Waals surface area contributed by atoms with Crippen LogP contribution >= 0.6 is 12.2 Å². The Bertz CT molecular complexity index is 2260. The second-order valence-electron chi connectivity index (χ2n) is 18.3. The minimum atomic E-state index is -4.79. The summed E-state index contributed by atoms with van der Waals surface area (Å²) in [6.07, 6.45) is 1.16. The highest BCUT2D eigenvalue weighted by Gasteiger charge is 2.51. The largest absolute Gasteiger partial charge is 0.494 e. The predicted molar refractivity (Wildman–Crippen MR) is 251 cm³/mol. The number of hydrogen-bond acceptors (Lipinski definition) is 11. The topological polar surface area (TPSA) is 170 Å². The van der Waals surface area contributed by atoms with Crippen molar-refractivity contribution in [3.8, 4) is 11.8 Å². The molecular weight excluding hydrogens is 890 g/mol. The summed E-state index contributed by atoms with van der Waals surface area (Å²) < 4.78 is 58.3. The van der Waals surface area contributed by atoms with Gasteiger partial charge in [-0.05, 0) is 124 Å². The second kappa shape index (κ2) is 22.8. The van der Waals surface area contributed by atoms with E-state index in [1.165, 1.54) is 6.07 Å². The zero-order chi connectivity index (χ0) is 49.1. The van der Waals surface area contributed by atoms with Crippen molar-refractivity contribution in [2.75, 3.05) is 68.4 Å². The fraction of sp³-hybridized carbons (Fsp3) is 0.521. The van der Waals surface area contributed by atoms with Crippen LogP contribution in [-0.4, -0.2) is 110 Å². The molecule has 2 aromatic carbocycles. The average molecular weight is 951 g/mol. The molecule has 3 heterocycles. The monoisotopic (exact) mass is 950 g/mol. The van der Waals surface area contributed by atoms with Gasteiger partial charge < -0.3 is 39.5 Å². The number of anilines is 3. The van der Waals surface area contributed by atoms with Crippen LogP contribution in [0.1, 0.15) is 89.8 Å². The number of hydrogen-bond donors (Lipinski definition) is 2. The quantitative estimate of drug-likeness (QED) is 0.0851. The van der Waals surface area contributed by atoms with Crippen molar-refractivity contribution in [1.29, 1.82) is 5.26 Å². The number of halogens is 3. The predicted octanol–water partition coefficient (Wildman–Crippen LogP) is 6.77. The number of carbonyl (C=O) groups excluding carboxylic acids is 4. The number of nitriles is 1. The normalized spacial score (nSPS) is 16.5. The van der Waals surface area contributed by atoms with Crippen LogP contribution in [0.15, 0.2) is 60.8 Å². The molecule has 2 N–H and O–H groups in total. The van der Waals surface area contributed by atoms with E-state index in [2.05, 4.69) is 15.6 Å². The molecule has 3 aromatic rings. The van der Waals surface area contributed by atoms with Crippen molar-refractivity contribution in [3.05, 3.63) is 77.5 Å². The van der Waals surface area contributed by atoms with Gasteiger partial charge >= 0.3 is 6.18 Å². The summed E-state index contributed by atoms with van der Waals surface area (Å²) in [4.78, 5) is 64.0. The zero-order valence-corrected chi connectivity index (χ0v) is 40.0. The van der Waals surface area contributed by atoms with Gasteiger partial charge in [0, 0.05) is 58.9 Å². The van der Waals surface area contributed by atoms with E-state index in [-0.39, 0.29) is 35.8 Å². The molecule has 1 unspecified atom stereocenters. The molecule has 15 nitrogen and oxygen atoms in total. The van der Waals surface area contributed by atoms with E-state index in [1.54, 1.807) is 60.2 Å². The van der Waals surface area contributed by atoms with Crippen molar-refractivity contribution in [2.24, 2.45) is 5.41 Å². The van der Waals surface area contributed by atoms with Crippen molar-refractivity contribution >= 4 is 58.2 Å². The van der Waals surface area contributed by atoms with E-state index in [9.17, 15) is 37.6 Å². The molecule has 0 aliphatic carbocycles. The number of nitrogens with zero attached hydrogens (tertiary/aromatic N) is 6. The van der Waals surface area contributed by atoms with Gasteiger partial charge in [-0.1, -0.05) is 26.8 Å². The van der Waals surface area contributed by atoms with Crippen LogP contribution in [0, 0.1) is 16.7 Å². The first-order chi connectivity index (χ1) is 31.6. The van der Waals surface area contributed by atoms with E-state index >= 15 is 0 Å². The molecule has 0 bridgehead atoms. The third kappa shape index (κ3) is 13.4. The molecule has 1 aromatic heterocycles. The first kappa shape index (κ1) is 52.1. The number of carbonyl (C=O) groups is 4. The molecule has 2 atom stereocenters. The Hall–Kier alpha value is -5.84. The van der Waals surface area contributed by atoms with Gasteiger partial charge in [0.2, 0.25) is 17.7 Å². The standard InChI is InChI=1S/C48H61F3N8O7S/c1-46(2,3)41(43(62)57-22-11-13-38(57)42(61)54-30-32-14-21-39(53-29-32)56(6)7)55-40(60)31-65-25-12-24-64-23-9-8-10-26-66-36-19-17-34(18-20-36)59-45(67)58(44(63)47(59,4)5)35-16-15-33(28-52)37(27-35)48(49,50)51/h14-21,27,29,38,41H,8-13,22-26,30-31H2,1-7H3,(H,54,61)(H,55,60)/t38-,41?/m0/s1. The molecule has 2 aliphatic heterocycles. The fourth-order valence-electron chi connectivity index (χ4n) is 7.77. The Balaban J connectivity index is 0.954. The van der Waals surface area contributed by atoms with Crippen LogP contribution in [0.5, 0.6) is 5.75 Å².